The predicted molar refractivity (Wildman–Crippen MR) is 178 cm³/mol. The zero-order valence-corrected chi connectivity index (χ0v) is 27.1. The number of hydrogen-bond donors (Lipinski definition) is 1. The van der Waals surface area contributed by atoms with E-state index in [1.165, 1.54) is 11.8 Å². The molecular formula is C36H43N3O5S. The summed E-state index contributed by atoms with van der Waals surface area (Å²) in [6, 6.07) is 16.1. The minimum absolute atomic E-state index is 0.210. The average molecular weight is 630 g/mol. The maximum Gasteiger partial charge on any atom is 0.311 e. The first kappa shape index (κ1) is 31.4. The number of likely N-dealkylation sites (tertiary alicyclic amines) is 1. The predicted octanol–water partition coefficient (Wildman–Crippen LogP) is 4.62. The van der Waals surface area contributed by atoms with Gasteiger partial charge in [0.15, 0.2) is 0 Å². The van der Waals surface area contributed by atoms with Gasteiger partial charge in [-0.05, 0) is 69.9 Å². The zero-order valence-electron chi connectivity index (χ0n) is 26.3. The third-order valence-corrected chi connectivity index (χ3v) is 11.7. The molecule has 1 N–H and O–H groups in total. The molecule has 8 nitrogen and oxygen atoms in total. The number of cyclic esters (lactones) is 1. The van der Waals surface area contributed by atoms with Crippen molar-refractivity contribution in [1.82, 2.24) is 4.90 Å². The van der Waals surface area contributed by atoms with Gasteiger partial charge in [0.1, 0.15) is 6.04 Å². The summed E-state index contributed by atoms with van der Waals surface area (Å²) >= 11 is 1.53. The molecule has 1 unspecified atom stereocenters. The van der Waals surface area contributed by atoms with Crippen LogP contribution in [0.3, 0.4) is 0 Å². The van der Waals surface area contributed by atoms with Gasteiger partial charge in [-0.25, -0.2) is 0 Å². The van der Waals surface area contributed by atoms with E-state index in [1.54, 1.807) is 9.80 Å². The summed E-state index contributed by atoms with van der Waals surface area (Å²) in [4.78, 5) is 49.2. The largest absolute Gasteiger partial charge is 0.465 e. The number of aliphatic hydroxyl groups excluding tert-OH is 1. The number of anilines is 2. The number of ether oxygens (including phenoxy) is 1. The van der Waals surface area contributed by atoms with E-state index in [4.69, 9.17) is 4.74 Å². The third-order valence-electron chi connectivity index (χ3n) is 9.90. The van der Waals surface area contributed by atoms with Gasteiger partial charge in [-0.1, -0.05) is 54.6 Å². The Bertz CT molecular complexity index is 1480. The molecular weight excluding hydrogens is 586 g/mol. The lowest BCUT2D eigenvalue weighted by Gasteiger charge is -2.40. The van der Waals surface area contributed by atoms with Gasteiger partial charge in [-0.3, -0.25) is 14.4 Å². The van der Waals surface area contributed by atoms with E-state index in [2.05, 4.69) is 30.9 Å². The van der Waals surface area contributed by atoms with E-state index >= 15 is 0 Å². The van der Waals surface area contributed by atoms with Crippen molar-refractivity contribution in [2.24, 2.45) is 11.8 Å². The molecule has 6 rings (SSSR count). The lowest BCUT2D eigenvalue weighted by atomic mass is 9.74. The van der Waals surface area contributed by atoms with Crippen LogP contribution in [0.1, 0.15) is 39.2 Å². The monoisotopic (exact) mass is 629 g/mol. The molecule has 2 amide bonds. The molecule has 0 aliphatic carbocycles. The summed E-state index contributed by atoms with van der Waals surface area (Å²) in [6.07, 6.45) is 9.99. The molecule has 4 aliphatic rings. The first-order valence-corrected chi connectivity index (χ1v) is 16.9. The fourth-order valence-electron chi connectivity index (χ4n) is 7.77. The maximum atomic E-state index is 15.0. The standard InChI is InChI=1S/C36H43N3O5S/c1-4-37(5-2)26-15-17-27(18-16-26)38-21-12-20-36-29(30-34(43)44-22-11-7-10-19-35(30,3)45-36)32(41)39(31(36)33(38)42)28(24-40)23-25-13-8-6-9-14-25/h6,8-10,12-20,28-31,40H,4-5,7,11,21-24H2,1-3H3/b19-10-/t28-,29+,30-,31?,35+,36+/m1/s1. The summed E-state index contributed by atoms with van der Waals surface area (Å²) in [6.45, 7) is 8.29. The molecule has 45 heavy (non-hydrogen) atoms. The number of allylic oxidation sites excluding steroid dienone is 1. The Morgan fingerprint density at radius 2 is 1.71 bits per heavy atom. The summed E-state index contributed by atoms with van der Waals surface area (Å²) < 4.78 is 3.99. The Kier molecular flexibility index (Phi) is 8.85. The van der Waals surface area contributed by atoms with Crippen molar-refractivity contribution in [3.63, 3.8) is 0 Å². The fraction of sp³-hybridized carbons (Fsp3) is 0.472. The summed E-state index contributed by atoms with van der Waals surface area (Å²) in [5, 5.41) is 10.8. The molecule has 2 aromatic rings. The second-order valence-electron chi connectivity index (χ2n) is 12.5. The highest BCUT2D eigenvalue weighted by molar-refractivity contribution is 8.02. The van der Waals surface area contributed by atoms with Crippen molar-refractivity contribution >= 4 is 40.9 Å². The number of thioether (sulfide) groups is 1. The van der Waals surface area contributed by atoms with E-state index in [0.29, 0.717) is 19.6 Å². The number of esters is 1. The lowest BCUT2D eigenvalue weighted by Crippen LogP contribution is -2.57. The second-order valence-corrected chi connectivity index (χ2v) is 14.3. The van der Waals surface area contributed by atoms with Gasteiger partial charge in [-0.2, -0.15) is 0 Å². The number of amides is 2. The Balaban J connectivity index is 1.46. The molecule has 2 saturated heterocycles. The molecule has 1 spiro atoms. The molecule has 0 saturated carbocycles. The lowest BCUT2D eigenvalue weighted by molar-refractivity contribution is -0.154. The SMILES string of the molecule is CCN(CC)c1ccc(N2CC=C[C@]34S[C@@]5(C)/C=C\CCCOC(=O)[C@H]5[C@H]3C(=O)N([C@@H](CO)Cc3ccccc3)C4C2=O)cc1. The van der Waals surface area contributed by atoms with Crippen LogP contribution in [-0.4, -0.2) is 82.2 Å². The highest BCUT2D eigenvalue weighted by atomic mass is 32.2. The molecule has 2 aromatic carbocycles. The Labute approximate surface area is 270 Å². The number of fused-ring (bicyclic) bond motifs is 2. The van der Waals surface area contributed by atoms with E-state index in [0.717, 1.165) is 42.9 Å². The smallest absolute Gasteiger partial charge is 0.311 e. The maximum absolute atomic E-state index is 15.0. The molecule has 2 fully saturated rings. The number of carbonyl (C=O) groups is 3. The first-order chi connectivity index (χ1) is 21.8. The highest BCUT2D eigenvalue weighted by Gasteiger charge is 2.74. The van der Waals surface area contributed by atoms with Crippen molar-refractivity contribution in [2.75, 3.05) is 42.6 Å². The van der Waals surface area contributed by atoms with Gasteiger partial charge in [0.25, 0.3) is 5.91 Å². The van der Waals surface area contributed by atoms with Gasteiger partial charge < -0.3 is 24.5 Å². The average Bonchev–Trinajstić information content (AvgIpc) is 3.40. The van der Waals surface area contributed by atoms with Crippen molar-refractivity contribution in [1.29, 1.82) is 0 Å². The van der Waals surface area contributed by atoms with Gasteiger partial charge >= 0.3 is 5.97 Å². The Hall–Kier alpha value is -3.56. The van der Waals surface area contributed by atoms with Crippen LogP contribution in [0.4, 0.5) is 11.4 Å². The van der Waals surface area contributed by atoms with Gasteiger partial charge in [-0.15, -0.1) is 11.8 Å². The molecule has 6 atom stereocenters. The summed E-state index contributed by atoms with van der Waals surface area (Å²) in [5.41, 5.74) is 2.78. The van der Waals surface area contributed by atoms with Crippen molar-refractivity contribution in [3.8, 4) is 0 Å². The van der Waals surface area contributed by atoms with Crippen LogP contribution in [0, 0.1) is 11.8 Å². The van der Waals surface area contributed by atoms with E-state index in [-0.39, 0.29) is 18.4 Å². The highest BCUT2D eigenvalue weighted by Crippen LogP contribution is 2.65. The van der Waals surface area contributed by atoms with E-state index in [9.17, 15) is 19.5 Å². The number of nitrogens with zero attached hydrogens (tertiary/aromatic N) is 3. The van der Waals surface area contributed by atoms with Crippen LogP contribution >= 0.6 is 11.8 Å². The van der Waals surface area contributed by atoms with Gasteiger partial charge in [0, 0.05) is 35.8 Å². The van der Waals surface area contributed by atoms with Crippen LogP contribution in [0.25, 0.3) is 0 Å². The van der Waals surface area contributed by atoms with Crippen LogP contribution in [0.5, 0.6) is 0 Å². The minimum atomic E-state index is -1.02. The zero-order chi connectivity index (χ0) is 31.8. The van der Waals surface area contributed by atoms with Crippen molar-refractivity contribution in [3.05, 3.63) is 84.5 Å². The number of benzene rings is 2. The van der Waals surface area contributed by atoms with Gasteiger partial charge in [0.05, 0.1) is 35.8 Å². The minimum Gasteiger partial charge on any atom is -0.465 e. The van der Waals surface area contributed by atoms with Crippen LogP contribution in [0.15, 0.2) is 78.9 Å². The number of hydrogen-bond acceptors (Lipinski definition) is 7. The van der Waals surface area contributed by atoms with Gasteiger partial charge in [0.2, 0.25) is 5.91 Å². The molecule has 0 radical (unpaired) electrons. The number of aliphatic hydroxyl groups is 1. The molecule has 4 heterocycles. The van der Waals surface area contributed by atoms with Crippen LogP contribution < -0.4 is 9.80 Å². The second kappa shape index (κ2) is 12.7. The quantitative estimate of drug-likeness (QED) is 0.337. The van der Waals surface area contributed by atoms with Crippen molar-refractivity contribution in [2.45, 2.75) is 61.6 Å². The molecule has 0 aromatic heterocycles. The summed E-state index contributed by atoms with van der Waals surface area (Å²) in [5.74, 6) is -2.48. The van der Waals surface area contributed by atoms with E-state index < -0.39 is 39.4 Å². The van der Waals surface area contributed by atoms with E-state index in [1.807, 2.05) is 73.7 Å². The number of rotatable bonds is 8. The Morgan fingerprint density at radius 3 is 2.40 bits per heavy atom. The Morgan fingerprint density at radius 1 is 0.978 bits per heavy atom. The normalized spacial score (nSPS) is 30.8. The third kappa shape index (κ3) is 5.37. The number of carbonyl (C=O) groups excluding carboxylic acids is 3. The molecule has 9 heteroatoms. The molecule has 238 valence electrons. The van der Waals surface area contributed by atoms with Crippen LogP contribution in [0.2, 0.25) is 0 Å². The van der Waals surface area contributed by atoms with Crippen molar-refractivity contribution < 1.29 is 24.2 Å². The van der Waals surface area contributed by atoms with Crippen LogP contribution in [-0.2, 0) is 25.5 Å². The summed E-state index contributed by atoms with van der Waals surface area (Å²) in [7, 11) is 0. The molecule has 4 aliphatic heterocycles. The fourth-order valence-corrected chi connectivity index (χ4v) is 9.91. The topological polar surface area (TPSA) is 90.4 Å². The first-order valence-electron chi connectivity index (χ1n) is 16.1. The molecule has 0 bridgehead atoms.